The molecule has 0 unspecified atom stereocenters. The molecule has 0 N–H and O–H groups in total. The minimum atomic E-state index is -0.917. The van der Waals surface area contributed by atoms with Gasteiger partial charge in [0.15, 0.2) is 0 Å². The van der Waals surface area contributed by atoms with E-state index < -0.39 is 8.07 Å². The van der Waals surface area contributed by atoms with Gasteiger partial charge in [0, 0.05) is 23.6 Å². The molecule has 0 aromatic heterocycles. The van der Waals surface area contributed by atoms with Gasteiger partial charge in [0.2, 0.25) is 0 Å². The molecule has 0 atom stereocenters. The summed E-state index contributed by atoms with van der Waals surface area (Å²) >= 11 is 2.11. The van der Waals surface area contributed by atoms with Gasteiger partial charge in [-0.25, -0.2) is 0 Å². The smallest absolute Gasteiger partial charge is 0.0599 e. The van der Waals surface area contributed by atoms with Gasteiger partial charge in [0.1, 0.15) is 0 Å². The SMILES string of the molecule is CC1(C)CSCCN1C[Si](C)(C)C. The Kier molecular flexibility index (Phi) is 3.53. The predicted octanol–water partition coefficient (Wildman–Crippen LogP) is 2.69. The topological polar surface area (TPSA) is 3.24 Å². The minimum Gasteiger partial charge on any atom is -0.299 e. The molecule has 1 heterocycles. The molecular formula is C10H23NSSi. The Labute approximate surface area is 88.3 Å². The van der Waals surface area contributed by atoms with E-state index in [1.807, 2.05) is 0 Å². The molecule has 0 spiro atoms. The van der Waals surface area contributed by atoms with Crippen LogP contribution in [0.2, 0.25) is 19.6 Å². The quantitative estimate of drug-likeness (QED) is 0.654. The molecule has 0 aromatic carbocycles. The normalized spacial score (nSPS) is 24.7. The van der Waals surface area contributed by atoms with E-state index in [1.54, 1.807) is 0 Å². The van der Waals surface area contributed by atoms with Crippen LogP contribution in [0.15, 0.2) is 0 Å². The summed E-state index contributed by atoms with van der Waals surface area (Å²) in [6.07, 6.45) is 1.36. The maximum atomic E-state index is 2.70. The van der Waals surface area contributed by atoms with E-state index in [2.05, 4.69) is 50.2 Å². The van der Waals surface area contributed by atoms with Crippen LogP contribution in [0, 0.1) is 0 Å². The fourth-order valence-electron chi connectivity index (χ4n) is 1.76. The molecule has 1 rings (SSSR count). The molecule has 1 aliphatic rings. The van der Waals surface area contributed by atoms with E-state index in [0.717, 1.165) is 0 Å². The minimum absolute atomic E-state index is 0.434. The maximum Gasteiger partial charge on any atom is 0.0599 e. The number of rotatable bonds is 2. The van der Waals surface area contributed by atoms with Gasteiger partial charge in [0.05, 0.1) is 8.07 Å². The standard InChI is InChI=1S/C10H23NSSi/c1-10(2)8-12-7-6-11(10)9-13(3,4)5/h6-9H2,1-5H3. The number of nitrogens with zero attached hydrogens (tertiary/aromatic N) is 1. The van der Waals surface area contributed by atoms with Crippen molar-refractivity contribution in [1.29, 1.82) is 0 Å². The Hall–Kier alpha value is 0.527. The van der Waals surface area contributed by atoms with Crippen LogP contribution in [0.1, 0.15) is 13.8 Å². The van der Waals surface area contributed by atoms with Crippen LogP contribution in [0.4, 0.5) is 0 Å². The highest BCUT2D eigenvalue weighted by molar-refractivity contribution is 7.99. The molecule has 1 nitrogen and oxygen atoms in total. The molecule has 13 heavy (non-hydrogen) atoms. The van der Waals surface area contributed by atoms with E-state index in [4.69, 9.17) is 0 Å². The van der Waals surface area contributed by atoms with Crippen molar-refractivity contribution in [2.75, 3.05) is 24.2 Å². The van der Waals surface area contributed by atoms with Crippen molar-refractivity contribution in [1.82, 2.24) is 4.90 Å². The zero-order chi connectivity index (χ0) is 10.1. The van der Waals surface area contributed by atoms with Crippen LogP contribution in [0.3, 0.4) is 0 Å². The van der Waals surface area contributed by atoms with Crippen molar-refractivity contribution in [3.8, 4) is 0 Å². The molecule has 0 radical (unpaired) electrons. The zero-order valence-corrected chi connectivity index (χ0v) is 11.5. The summed E-state index contributed by atoms with van der Waals surface area (Å²) in [5.41, 5.74) is 0.434. The van der Waals surface area contributed by atoms with Gasteiger partial charge >= 0.3 is 0 Å². The lowest BCUT2D eigenvalue weighted by molar-refractivity contribution is 0.169. The van der Waals surface area contributed by atoms with E-state index in [0.29, 0.717) is 5.54 Å². The predicted molar refractivity (Wildman–Crippen MR) is 66.3 cm³/mol. The third kappa shape index (κ3) is 3.64. The number of thioether (sulfide) groups is 1. The van der Waals surface area contributed by atoms with Gasteiger partial charge in [-0.3, -0.25) is 4.90 Å². The van der Waals surface area contributed by atoms with E-state index in [-0.39, 0.29) is 0 Å². The van der Waals surface area contributed by atoms with Crippen LogP contribution >= 0.6 is 11.8 Å². The molecule has 3 heteroatoms. The second-order valence-corrected chi connectivity index (χ2v) is 12.4. The van der Waals surface area contributed by atoms with Gasteiger partial charge in [-0.2, -0.15) is 11.8 Å². The largest absolute Gasteiger partial charge is 0.299 e. The highest BCUT2D eigenvalue weighted by atomic mass is 32.2. The number of hydrogen-bond acceptors (Lipinski definition) is 2. The average Bonchev–Trinajstić information content (AvgIpc) is 1.91. The highest BCUT2D eigenvalue weighted by Crippen LogP contribution is 2.26. The monoisotopic (exact) mass is 217 g/mol. The van der Waals surface area contributed by atoms with Gasteiger partial charge < -0.3 is 0 Å². The Morgan fingerprint density at radius 2 is 1.92 bits per heavy atom. The number of hydrogen-bond donors (Lipinski definition) is 0. The van der Waals surface area contributed by atoms with E-state index >= 15 is 0 Å². The Morgan fingerprint density at radius 1 is 1.31 bits per heavy atom. The Bertz CT molecular complexity index is 174. The Morgan fingerprint density at radius 3 is 2.38 bits per heavy atom. The van der Waals surface area contributed by atoms with Crippen molar-refractivity contribution >= 4 is 19.8 Å². The fraction of sp³-hybridized carbons (Fsp3) is 1.00. The molecule has 1 saturated heterocycles. The molecule has 78 valence electrons. The van der Waals surface area contributed by atoms with E-state index in [1.165, 1.54) is 24.2 Å². The van der Waals surface area contributed by atoms with Crippen LogP contribution < -0.4 is 0 Å². The Balaban J connectivity index is 2.56. The first kappa shape index (κ1) is 11.6. The van der Waals surface area contributed by atoms with Crippen molar-refractivity contribution in [2.45, 2.75) is 39.0 Å². The zero-order valence-electron chi connectivity index (χ0n) is 9.68. The lowest BCUT2D eigenvalue weighted by Gasteiger charge is -2.44. The van der Waals surface area contributed by atoms with Crippen molar-refractivity contribution in [3.05, 3.63) is 0 Å². The van der Waals surface area contributed by atoms with Gasteiger partial charge in [0.25, 0.3) is 0 Å². The van der Waals surface area contributed by atoms with Gasteiger partial charge in [-0.05, 0) is 20.0 Å². The average molecular weight is 217 g/mol. The first-order valence-electron chi connectivity index (χ1n) is 5.14. The molecule has 1 aliphatic heterocycles. The van der Waals surface area contributed by atoms with Crippen molar-refractivity contribution < 1.29 is 0 Å². The summed E-state index contributed by atoms with van der Waals surface area (Å²) in [4.78, 5) is 2.70. The van der Waals surface area contributed by atoms with Gasteiger partial charge in [-0.15, -0.1) is 0 Å². The highest BCUT2D eigenvalue weighted by Gasteiger charge is 2.32. The second-order valence-electron chi connectivity index (χ2n) is 5.85. The third-order valence-corrected chi connectivity index (χ3v) is 5.19. The van der Waals surface area contributed by atoms with Crippen LogP contribution in [0.5, 0.6) is 0 Å². The summed E-state index contributed by atoms with van der Waals surface area (Å²) in [6.45, 7) is 13.5. The summed E-state index contributed by atoms with van der Waals surface area (Å²) in [6, 6.07) is 0. The summed E-state index contributed by atoms with van der Waals surface area (Å²) in [5, 5.41) is 0. The molecule has 0 amide bonds. The molecule has 0 bridgehead atoms. The summed E-state index contributed by atoms with van der Waals surface area (Å²) in [7, 11) is -0.917. The molecular weight excluding hydrogens is 194 g/mol. The molecule has 0 aliphatic carbocycles. The molecule has 0 aromatic rings. The summed E-state index contributed by atoms with van der Waals surface area (Å²) < 4.78 is 0. The molecule has 0 saturated carbocycles. The van der Waals surface area contributed by atoms with Crippen molar-refractivity contribution in [3.63, 3.8) is 0 Å². The first-order chi connectivity index (χ1) is 5.81. The van der Waals surface area contributed by atoms with Crippen LogP contribution in [0.25, 0.3) is 0 Å². The fourth-order valence-corrected chi connectivity index (χ4v) is 4.66. The van der Waals surface area contributed by atoms with Crippen LogP contribution in [-0.4, -0.2) is 42.7 Å². The third-order valence-electron chi connectivity index (χ3n) is 2.48. The summed E-state index contributed by atoms with van der Waals surface area (Å²) in [5.74, 6) is 2.63. The lowest BCUT2D eigenvalue weighted by atomic mass is 10.1. The second kappa shape index (κ2) is 3.95. The van der Waals surface area contributed by atoms with Gasteiger partial charge in [-0.1, -0.05) is 19.6 Å². The van der Waals surface area contributed by atoms with Crippen molar-refractivity contribution in [2.24, 2.45) is 0 Å². The van der Waals surface area contributed by atoms with E-state index in [9.17, 15) is 0 Å². The first-order valence-corrected chi connectivity index (χ1v) is 10.0. The lowest BCUT2D eigenvalue weighted by Crippen LogP contribution is -2.55. The van der Waals surface area contributed by atoms with Crippen LogP contribution in [-0.2, 0) is 0 Å². The molecule has 1 fully saturated rings. The maximum absolute atomic E-state index is 2.70.